The van der Waals surface area contributed by atoms with Gasteiger partial charge in [-0.25, -0.2) is 0 Å². The van der Waals surface area contributed by atoms with Gasteiger partial charge < -0.3 is 4.90 Å². The molecule has 2 aromatic rings. The summed E-state index contributed by atoms with van der Waals surface area (Å²) in [5.41, 5.74) is 5.68. The molecule has 1 saturated heterocycles. The van der Waals surface area contributed by atoms with Gasteiger partial charge in [0.15, 0.2) is 0 Å². The van der Waals surface area contributed by atoms with E-state index in [0.717, 1.165) is 12.2 Å². The molecule has 0 unspecified atom stereocenters. The molecule has 126 valence electrons. The summed E-state index contributed by atoms with van der Waals surface area (Å²) in [4.78, 5) is 2.63. The molecule has 3 nitrogen and oxygen atoms in total. The van der Waals surface area contributed by atoms with Gasteiger partial charge in [-0.3, -0.25) is 4.68 Å². The SMILES string of the molecule is Cc1cc(C)n(CCCN2CCC3(C=Cc4ccccc43)CC2)n1. The number of hydrogen-bond donors (Lipinski definition) is 0. The Bertz CT molecular complexity index is 748. The fourth-order valence-corrected chi connectivity index (χ4v) is 4.39. The van der Waals surface area contributed by atoms with E-state index in [4.69, 9.17) is 0 Å². The molecular formula is C21H27N3. The molecule has 0 N–H and O–H groups in total. The minimum absolute atomic E-state index is 0.308. The molecule has 4 rings (SSSR count). The van der Waals surface area contributed by atoms with Crippen LogP contribution in [0.4, 0.5) is 0 Å². The van der Waals surface area contributed by atoms with E-state index in [1.54, 1.807) is 5.56 Å². The molecule has 0 bridgehead atoms. The van der Waals surface area contributed by atoms with Crippen molar-refractivity contribution in [3.8, 4) is 0 Å². The molecule has 0 radical (unpaired) electrons. The van der Waals surface area contributed by atoms with Crippen LogP contribution in [-0.2, 0) is 12.0 Å². The Morgan fingerprint density at radius 3 is 2.62 bits per heavy atom. The third-order valence-corrected chi connectivity index (χ3v) is 5.78. The molecule has 1 aliphatic carbocycles. The molecule has 2 aliphatic rings. The second-order valence-corrected chi connectivity index (χ2v) is 7.42. The first-order chi connectivity index (χ1) is 11.7. The molecule has 1 fully saturated rings. The molecule has 1 aromatic carbocycles. The molecule has 0 saturated carbocycles. The summed E-state index contributed by atoms with van der Waals surface area (Å²) in [6.07, 6.45) is 8.47. The Labute approximate surface area is 145 Å². The maximum Gasteiger partial charge on any atom is 0.0596 e. The van der Waals surface area contributed by atoms with Gasteiger partial charge in [-0.1, -0.05) is 36.4 Å². The van der Waals surface area contributed by atoms with Gasteiger partial charge in [-0.15, -0.1) is 0 Å². The number of piperidine rings is 1. The number of likely N-dealkylation sites (tertiary alicyclic amines) is 1. The van der Waals surface area contributed by atoms with Crippen molar-refractivity contribution >= 4 is 6.08 Å². The summed E-state index contributed by atoms with van der Waals surface area (Å²) in [6.45, 7) is 8.84. The largest absolute Gasteiger partial charge is 0.303 e. The lowest BCUT2D eigenvalue weighted by molar-refractivity contribution is 0.179. The Morgan fingerprint density at radius 2 is 1.88 bits per heavy atom. The Balaban J connectivity index is 1.31. The predicted molar refractivity (Wildman–Crippen MR) is 99.1 cm³/mol. The summed E-state index contributed by atoms with van der Waals surface area (Å²) < 4.78 is 2.15. The zero-order valence-corrected chi connectivity index (χ0v) is 14.8. The van der Waals surface area contributed by atoms with Gasteiger partial charge in [0.1, 0.15) is 0 Å². The lowest BCUT2D eigenvalue weighted by Crippen LogP contribution is -2.41. The van der Waals surface area contributed by atoms with Crippen molar-refractivity contribution in [2.75, 3.05) is 19.6 Å². The van der Waals surface area contributed by atoms with Crippen molar-refractivity contribution in [1.29, 1.82) is 0 Å². The van der Waals surface area contributed by atoms with Crippen molar-refractivity contribution in [3.63, 3.8) is 0 Å². The van der Waals surface area contributed by atoms with E-state index in [1.165, 1.54) is 50.2 Å². The van der Waals surface area contributed by atoms with Gasteiger partial charge in [0.25, 0.3) is 0 Å². The highest BCUT2D eigenvalue weighted by Gasteiger charge is 2.37. The molecule has 1 spiro atoms. The number of fused-ring (bicyclic) bond motifs is 2. The van der Waals surface area contributed by atoms with Crippen LogP contribution in [0.25, 0.3) is 6.08 Å². The van der Waals surface area contributed by atoms with Gasteiger partial charge in [-0.05, 0) is 69.9 Å². The Kier molecular flexibility index (Phi) is 4.05. The van der Waals surface area contributed by atoms with E-state index in [1.807, 2.05) is 0 Å². The fraction of sp³-hybridized carbons (Fsp3) is 0.476. The second-order valence-electron chi connectivity index (χ2n) is 7.42. The van der Waals surface area contributed by atoms with Crippen LogP contribution < -0.4 is 0 Å². The summed E-state index contributed by atoms with van der Waals surface area (Å²) in [6, 6.07) is 11.1. The van der Waals surface area contributed by atoms with Gasteiger partial charge in [0, 0.05) is 17.7 Å². The van der Waals surface area contributed by atoms with E-state index < -0.39 is 0 Å². The van der Waals surface area contributed by atoms with Crippen molar-refractivity contribution in [3.05, 3.63) is 58.9 Å². The molecule has 24 heavy (non-hydrogen) atoms. The maximum atomic E-state index is 4.56. The topological polar surface area (TPSA) is 21.1 Å². The van der Waals surface area contributed by atoms with Crippen LogP contribution in [0.3, 0.4) is 0 Å². The maximum absolute atomic E-state index is 4.56. The van der Waals surface area contributed by atoms with E-state index in [2.05, 4.69) is 71.0 Å². The molecule has 2 heterocycles. The standard InChI is InChI=1S/C21H27N3/c1-17-16-18(2)24(22-17)13-5-12-23-14-10-21(11-15-23)9-8-19-6-3-4-7-20(19)21/h3-4,6-9,16H,5,10-15H2,1-2H3. The van der Waals surface area contributed by atoms with Crippen LogP contribution in [-0.4, -0.2) is 34.3 Å². The van der Waals surface area contributed by atoms with Crippen LogP contribution in [0, 0.1) is 13.8 Å². The number of hydrogen-bond acceptors (Lipinski definition) is 2. The summed E-state index contributed by atoms with van der Waals surface area (Å²) in [5.74, 6) is 0. The number of rotatable bonds is 4. The summed E-state index contributed by atoms with van der Waals surface area (Å²) >= 11 is 0. The quantitative estimate of drug-likeness (QED) is 0.850. The van der Waals surface area contributed by atoms with Gasteiger partial charge in [0.05, 0.1) is 5.69 Å². The smallest absolute Gasteiger partial charge is 0.0596 e. The third-order valence-electron chi connectivity index (χ3n) is 5.78. The first-order valence-electron chi connectivity index (χ1n) is 9.18. The summed E-state index contributed by atoms with van der Waals surface area (Å²) in [5, 5.41) is 4.56. The highest BCUT2D eigenvalue weighted by atomic mass is 15.3. The number of nitrogens with zero attached hydrogens (tertiary/aromatic N) is 3. The van der Waals surface area contributed by atoms with Crippen LogP contribution in [0.15, 0.2) is 36.4 Å². The zero-order chi connectivity index (χ0) is 16.6. The highest BCUT2D eigenvalue weighted by Crippen LogP contribution is 2.43. The van der Waals surface area contributed by atoms with Crippen LogP contribution >= 0.6 is 0 Å². The molecular weight excluding hydrogens is 294 g/mol. The number of aromatic nitrogens is 2. The predicted octanol–water partition coefficient (Wildman–Crippen LogP) is 3.95. The molecule has 0 atom stereocenters. The van der Waals surface area contributed by atoms with Crippen molar-refractivity contribution < 1.29 is 0 Å². The fourth-order valence-electron chi connectivity index (χ4n) is 4.39. The highest BCUT2D eigenvalue weighted by molar-refractivity contribution is 5.65. The van der Waals surface area contributed by atoms with E-state index in [0.29, 0.717) is 5.41 Å². The normalized spacial score (nSPS) is 19.1. The van der Waals surface area contributed by atoms with E-state index in [9.17, 15) is 0 Å². The molecule has 1 aromatic heterocycles. The number of allylic oxidation sites excluding steroid dienone is 1. The van der Waals surface area contributed by atoms with Crippen LogP contribution in [0.5, 0.6) is 0 Å². The van der Waals surface area contributed by atoms with Crippen molar-refractivity contribution in [1.82, 2.24) is 14.7 Å². The first-order valence-corrected chi connectivity index (χ1v) is 9.18. The number of benzene rings is 1. The lowest BCUT2D eigenvalue weighted by Gasteiger charge is -2.39. The average molecular weight is 321 g/mol. The van der Waals surface area contributed by atoms with Crippen molar-refractivity contribution in [2.24, 2.45) is 0 Å². The van der Waals surface area contributed by atoms with Crippen molar-refractivity contribution in [2.45, 2.75) is 45.1 Å². The minimum atomic E-state index is 0.308. The average Bonchev–Trinajstić information content (AvgIpc) is 3.10. The van der Waals surface area contributed by atoms with E-state index >= 15 is 0 Å². The third kappa shape index (κ3) is 2.82. The Hall–Kier alpha value is -1.87. The van der Waals surface area contributed by atoms with Gasteiger partial charge in [0.2, 0.25) is 0 Å². The Morgan fingerprint density at radius 1 is 1.08 bits per heavy atom. The van der Waals surface area contributed by atoms with Crippen LogP contribution in [0.1, 0.15) is 41.8 Å². The lowest BCUT2D eigenvalue weighted by atomic mass is 9.74. The molecule has 0 amide bonds. The first kappa shape index (κ1) is 15.6. The van der Waals surface area contributed by atoms with Gasteiger partial charge >= 0.3 is 0 Å². The minimum Gasteiger partial charge on any atom is -0.303 e. The summed E-state index contributed by atoms with van der Waals surface area (Å²) in [7, 11) is 0. The zero-order valence-electron chi connectivity index (χ0n) is 14.8. The van der Waals surface area contributed by atoms with Gasteiger partial charge in [-0.2, -0.15) is 5.10 Å². The second kappa shape index (κ2) is 6.21. The number of aryl methyl sites for hydroxylation is 3. The molecule has 1 aliphatic heterocycles. The van der Waals surface area contributed by atoms with E-state index in [-0.39, 0.29) is 0 Å². The molecule has 3 heteroatoms. The monoisotopic (exact) mass is 321 g/mol. The van der Waals surface area contributed by atoms with Crippen LogP contribution in [0.2, 0.25) is 0 Å².